The van der Waals surface area contributed by atoms with Gasteiger partial charge in [0.1, 0.15) is 12.4 Å². The predicted octanol–water partition coefficient (Wildman–Crippen LogP) is 0.926. The molecule has 0 aromatic heterocycles. The maximum Gasteiger partial charge on any atom is 0.488 e. The summed E-state index contributed by atoms with van der Waals surface area (Å²) in [6.07, 6.45) is 0. The van der Waals surface area contributed by atoms with Crippen LogP contribution >= 0.6 is 8.25 Å². The minimum Gasteiger partial charge on any atom is -0.566 e. The molecule has 1 atom stereocenters. The van der Waals surface area contributed by atoms with Crippen LogP contribution in [0.25, 0.3) is 0 Å². The van der Waals surface area contributed by atoms with Crippen molar-refractivity contribution in [1.82, 2.24) is 0 Å². The SMILES string of the molecule is O=[P+]([O-])OCc1ccccc1O. The number of benzene rings is 1. The Balaban J connectivity index is 2.63. The van der Waals surface area contributed by atoms with Crippen molar-refractivity contribution in [3.8, 4) is 5.75 Å². The third-order valence-corrected chi connectivity index (χ3v) is 1.66. The maximum atomic E-state index is 10.0. The smallest absolute Gasteiger partial charge is 0.488 e. The third kappa shape index (κ3) is 2.58. The molecular formula is C7H7O4P. The molecule has 0 bridgehead atoms. The van der Waals surface area contributed by atoms with Crippen LogP contribution in [0.2, 0.25) is 0 Å². The van der Waals surface area contributed by atoms with E-state index in [1.54, 1.807) is 18.2 Å². The van der Waals surface area contributed by atoms with Gasteiger partial charge in [0, 0.05) is 5.56 Å². The molecule has 4 nitrogen and oxygen atoms in total. The van der Waals surface area contributed by atoms with Gasteiger partial charge in [-0.05, 0) is 10.6 Å². The van der Waals surface area contributed by atoms with Crippen molar-refractivity contribution in [2.45, 2.75) is 6.61 Å². The van der Waals surface area contributed by atoms with E-state index in [1.807, 2.05) is 0 Å². The summed E-state index contributed by atoms with van der Waals surface area (Å²) in [6, 6.07) is 6.40. The molecule has 1 rings (SSSR count). The van der Waals surface area contributed by atoms with E-state index in [-0.39, 0.29) is 12.4 Å². The molecule has 0 saturated heterocycles. The van der Waals surface area contributed by atoms with Gasteiger partial charge < -0.3 is 10.00 Å². The first kappa shape index (κ1) is 9.13. The molecule has 0 heterocycles. The van der Waals surface area contributed by atoms with E-state index >= 15 is 0 Å². The van der Waals surface area contributed by atoms with Crippen molar-refractivity contribution in [2.24, 2.45) is 0 Å². The van der Waals surface area contributed by atoms with E-state index in [0.717, 1.165) is 0 Å². The summed E-state index contributed by atoms with van der Waals surface area (Å²) in [5.74, 6) is 0.0364. The summed E-state index contributed by atoms with van der Waals surface area (Å²) in [6.45, 7) is -0.120. The fourth-order valence-corrected chi connectivity index (χ4v) is 1.000. The van der Waals surface area contributed by atoms with Crippen molar-refractivity contribution in [1.29, 1.82) is 0 Å². The number of aromatic hydroxyl groups is 1. The first-order valence-electron chi connectivity index (χ1n) is 3.24. The van der Waals surface area contributed by atoms with Gasteiger partial charge in [-0.1, -0.05) is 18.2 Å². The fourth-order valence-electron chi connectivity index (χ4n) is 0.755. The average molecular weight is 186 g/mol. The Labute approximate surface area is 70.4 Å². The van der Waals surface area contributed by atoms with Gasteiger partial charge in [-0.25, -0.2) is 0 Å². The van der Waals surface area contributed by atoms with E-state index in [1.165, 1.54) is 6.07 Å². The van der Waals surface area contributed by atoms with Gasteiger partial charge in [-0.3, -0.25) is 0 Å². The summed E-state index contributed by atoms with van der Waals surface area (Å²) < 4.78 is 14.3. The molecule has 0 radical (unpaired) electrons. The Morgan fingerprint density at radius 2 is 2.17 bits per heavy atom. The second-order valence-corrected chi connectivity index (χ2v) is 2.83. The predicted molar refractivity (Wildman–Crippen MR) is 40.5 cm³/mol. The van der Waals surface area contributed by atoms with Crippen LogP contribution in [0.3, 0.4) is 0 Å². The van der Waals surface area contributed by atoms with Crippen LogP contribution in [0.4, 0.5) is 0 Å². The molecule has 0 fully saturated rings. The van der Waals surface area contributed by atoms with Gasteiger partial charge in [0.15, 0.2) is 0 Å². The van der Waals surface area contributed by atoms with Gasteiger partial charge in [0.25, 0.3) is 0 Å². The zero-order chi connectivity index (χ0) is 8.97. The van der Waals surface area contributed by atoms with E-state index in [9.17, 15) is 9.46 Å². The second-order valence-electron chi connectivity index (χ2n) is 2.13. The highest BCUT2D eigenvalue weighted by molar-refractivity contribution is 7.30. The molecule has 64 valence electrons. The van der Waals surface area contributed by atoms with Gasteiger partial charge in [-0.2, -0.15) is 0 Å². The lowest BCUT2D eigenvalue weighted by Crippen LogP contribution is -1.92. The van der Waals surface area contributed by atoms with Crippen LogP contribution in [-0.2, 0) is 15.7 Å². The Bertz CT molecular complexity index is 286. The molecule has 0 aliphatic rings. The minimum absolute atomic E-state index is 0.0364. The molecular weight excluding hydrogens is 179 g/mol. The lowest BCUT2D eigenvalue weighted by Gasteiger charge is -1.98. The summed E-state index contributed by atoms with van der Waals surface area (Å²) in [5, 5.41) is 9.15. The van der Waals surface area contributed by atoms with Crippen LogP contribution in [0.1, 0.15) is 5.56 Å². The fraction of sp³-hybridized carbons (Fsp3) is 0.143. The number of phenols is 1. The number of para-hydroxylation sites is 1. The largest absolute Gasteiger partial charge is 0.566 e. The first-order valence-corrected chi connectivity index (χ1v) is 4.34. The number of hydrogen-bond donors (Lipinski definition) is 1. The van der Waals surface area contributed by atoms with Crippen LogP contribution < -0.4 is 4.89 Å². The van der Waals surface area contributed by atoms with Gasteiger partial charge in [-0.15, -0.1) is 4.52 Å². The molecule has 0 saturated carbocycles. The van der Waals surface area contributed by atoms with Crippen molar-refractivity contribution < 1.29 is 19.1 Å². The van der Waals surface area contributed by atoms with Crippen LogP contribution in [0.15, 0.2) is 24.3 Å². The van der Waals surface area contributed by atoms with Crippen molar-refractivity contribution in [3.05, 3.63) is 29.8 Å². The zero-order valence-corrected chi connectivity index (χ0v) is 7.03. The topological polar surface area (TPSA) is 69.6 Å². The molecule has 5 heteroatoms. The number of phenolic OH excluding ortho intramolecular Hbond substituents is 1. The van der Waals surface area contributed by atoms with E-state index in [4.69, 9.17) is 5.11 Å². The van der Waals surface area contributed by atoms with Gasteiger partial charge in [0.05, 0.1) is 0 Å². The second kappa shape index (κ2) is 4.16. The monoisotopic (exact) mass is 186 g/mol. The average Bonchev–Trinajstić information content (AvgIpc) is 2.03. The number of hydrogen-bond acceptors (Lipinski definition) is 4. The molecule has 1 N–H and O–H groups in total. The highest BCUT2D eigenvalue weighted by atomic mass is 31.1. The highest BCUT2D eigenvalue weighted by Crippen LogP contribution is 2.20. The maximum absolute atomic E-state index is 10.0. The third-order valence-electron chi connectivity index (χ3n) is 1.32. The van der Waals surface area contributed by atoms with Crippen molar-refractivity contribution in [3.63, 3.8) is 0 Å². The highest BCUT2D eigenvalue weighted by Gasteiger charge is 2.05. The zero-order valence-electron chi connectivity index (χ0n) is 6.14. The summed E-state index contributed by atoms with van der Waals surface area (Å²) in [7, 11) is -2.85. The van der Waals surface area contributed by atoms with Gasteiger partial charge in [0.2, 0.25) is 0 Å². The lowest BCUT2D eigenvalue weighted by atomic mass is 10.2. The Morgan fingerprint density at radius 3 is 2.75 bits per heavy atom. The molecule has 0 spiro atoms. The van der Waals surface area contributed by atoms with E-state index in [0.29, 0.717) is 5.56 Å². The van der Waals surface area contributed by atoms with E-state index < -0.39 is 8.25 Å². The first-order chi connectivity index (χ1) is 5.70. The normalized spacial score (nSPS) is 11.2. The van der Waals surface area contributed by atoms with Gasteiger partial charge >= 0.3 is 8.25 Å². The molecule has 1 aromatic rings. The molecule has 1 unspecified atom stereocenters. The molecule has 1 aromatic carbocycles. The standard InChI is InChI=1S/C7H7O4P/c8-7-4-2-1-3-6(7)5-11-12(9)10/h1-4,8H,5H2. The summed E-state index contributed by atoms with van der Waals surface area (Å²) in [4.78, 5) is 10.0. The quantitative estimate of drug-likeness (QED) is 0.712. The van der Waals surface area contributed by atoms with Crippen LogP contribution in [0, 0.1) is 0 Å². The molecule has 0 aliphatic carbocycles. The van der Waals surface area contributed by atoms with Crippen LogP contribution in [-0.4, -0.2) is 5.11 Å². The van der Waals surface area contributed by atoms with Crippen molar-refractivity contribution in [2.75, 3.05) is 0 Å². The molecule has 12 heavy (non-hydrogen) atoms. The molecule has 0 amide bonds. The minimum atomic E-state index is -2.85. The Hall–Kier alpha value is -0.960. The number of rotatable bonds is 3. The Kier molecular flexibility index (Phi) is 3.17. The summed E-state index contributed by atoms with van der Waals surface area (Å²) >= 11 is 0. The molecule has 0 aliphatic heterocycles. The van der Waals surface area contributed by atoms with Crippen LogP contribution in [0.5, 0.6) is 5.75 Å². The lowest BCUT2D eigenvalue weighted by molar-refractivity contribution is -0.186. The van der Waals surface area contributed by atoms with Crippen molar-refractivity contribution >= 4 is 8.25 Å². The Morgan fingerprint density at radius 1 is 1.50 bits per heavy atom. The summed E-state index contributed by atoms with van der Waals surface area (Å²) in [5.41, 5.74) is 0.455. The van der Waals surface area contributed by atoms with E-state index in [2.05, 4.69) is 4.52 Å².